The van der Waals surface area contributed by atoms with E-state index in [2.05, 4.69) is 25.6 Å². The molecule has 0 aliphatic rings. The topological polar surface area (TPSA) is 82.1 Å². The van der Waals surface area contributed by atoms with E-state index >= 15 is 0 Å². The van der Waals surface area contributed by atoms with Crippen molar-refractivity contribution in [3.05, 3.63) is 0 Å². The Morgan fingerprint density at radius 3 is 1.92 bits per heavy atom. The van der Waals surface area contributed by atoms with Gasteiger partial charge in [0.1, 0.15) is 0 Å². The summed E-state index contributed by atoms with van der Waals surface area (Å²) in [6, 6.07) is 0. The minimum Gasteiger partial charge on any atom is -0.456 e. The first-order valence-electron chi connectivity index (χ1n) is 15.4. The number of hydrogen-bond acceptors (Lipinski definition) is 6. The van der Waals surface area contributed by atoms with Gasteiger partial charge in [0.25, 0.3) is 0 Å². The van der Waals surface area contributed by atoms with Gasteiger partial charge in [-0.3, -0.25) is 4.52 Å². The van der Waals surface area contributed by atoms with E-state index in [4.69, 9.17) is 14.0 Å². The third kappa shape index (κ3) is 23.8. The third-order valence-electron chi connectivity index (χ3n) is 6.42. The zero-order valence-electron chi connectivity index (χ0n) is 25.6. The fourth-order valence-electron chi connectivity index (χ4n) is 4.02. The maximum Gasteiger partial charge on any atom is 0.435 e. The van der Waals surface area contributed by atoms with Crippen LogP contribution in [0.1, 0.15) is 144 Å². The van der Waals surface area contributed by atoms with E-state index in [1.807, 2.05) is 20.8 Å². The van der Waals surface area contributed by atoms with Crippen molar-refractivity contribution in [1.29, 1.82) is 0 Å². The quantitative estimate of drug-likeness (QED) is 0.0805. The molecule has 0 aromatic rings. The molecule has 0 aliphatic carbocycles. The zero-order chi connectivity index (χ0) is 28.7. The van der Waals surface area contributed by atoms with Gasteiger partial charge in [-0.2, -0.15) is 11.8 Å². The van der Waals surface area contributed by atoms with Crippen molar-refractivity contribution in [3.8, 4) is 0 Å². The Labute approximate surface area is 239 Å². The van der Waals surface area contributed by atoms with Crippen LogP contribution < -0.4 is 0 Å². The highest BCUT2D eigenvalue weighted by atomic mass is 32.2. The molecule has 1 N–H and O–H groups in total. The lowest BCUT2D eigenvalue weighted by molar-refractivity contribution is 0.0270. The summed E-state index contributed by atoms with van der Waals surface area (Å²) in [5.41, 5.74) is -1.49. The smallest absolute Gasteiger partial charge is 0.435 e. The molecule has 0 aromatic heterocycles. The lowest BCUT2D eigenvalue weighted by Crippen LogP contribution is -2.21. The molecule has 6 nitrogen and oxygen atoms in total. The molecule has 0 heterocycles. The van der Waals surface area contributed by atoms with E-state index in [9.17, 15) is 14.3 Å². The van der Waals surface area contributed by atoms with Crippen LogP contribution in [0.2, 0.25) is 0 Å². The van der Waals surface area contributed by atoms with Gasteiger partial charge in [-0.05, 0) is 37.4 Å². The molecule has 8 heteroatoms. The van der Waals surface area contributed by atoms with Gasteiger partial charge in [-0.25, -0.2) is 9.36 Å². The van der Waals surface area contributed by atoms with Gasteiger partial charge in [0, 0.05) is 11.9 Å². The van der Waals surface area contributed by atoms with Gasteiger partial charge in [-0.1, -0.05) is 118 Å². The van der Waals surface area contributed by atoms with Crippen LogP contribution >= 0.6 is 19.4 Å². The SMILES string of the molecule is CCCCCCCCCCCSC(CCCCCCC)CCOC(C)COP(=O)(O)C(=O)OCC(C)(C)C. The lowest BCUT2D eigenvalue weighted by Gasteiger charge is -2.21. The van der Waals surface area contributed by atoms with Crippen molar-refractivity contribution in [1.82, 2.24) is 0 Å². The van der Waals surface area contributed by atoms with Crippen LogP contribution in [0.3, 0.4) is 0 Å². The molecule has 3 atom stereocenters. The number of rotatable bonds is 26. The number of carbonyl (C=O) groups is 1. The number of ether oxygens (including phenoxy) is 2. The Morgan fingerprint density at radius 2 is 1.37 bits per heavy atom. The molecule has 0 aromatic carbocycles. The predicted octanol–water partition coefficient (Wildman–Crippen LogP) is 10.2. The highest BCUT2D eigenvalue weighted by Gasteiger charge is 2.34. The van der Waals surface area contributed by atoms with Crippen LogP contribution in [0.4, 0.5) is 4.79 Å². The Hall–Kier alpha value is -0.0700. The normalized spacial score (nSPS) is 15.2. The van der Waals surface area contributed by atoms with E-state index in [0.29, 0.717) is 11.9 Å². The molecule has 0 rings (SSSR count). The molecule has 0 aliphatic heterocycles. The molecule has 0 amide bonds. The van der Waals surface area contributed by atoms with E-state index in [0.717, 1.165) is 6.42 Å². The first-order valence-corrected chi connectivity index (χ1v) is 18.0. The van der Waals surface area contributed by atoms with Crippen LogP contribution in [0.15, 0.2) is 0 Å². The Balaban J connectivity index is 4.28. The van der Waals surface area contributed by atoms with Crippen LogP contribution in [0.5, 0.6) is 0 Å². The summed E-state index contributed by atoms with van der Waals surface area (Å²) in [6.45, 7) is 12.5. The second-order valence-corrected chi connectivity index (χ2v) is 15.0. The van der Waals surface area contributed by atoms with E-state index < -0.39 is 13.3 Å². The fraction of sp³-hybridized carbons (Fsp3) is 0.967. The lowest BCUT2D eigenvalue weighted by atomic mass is 9.99. The van der Waals surface area contributed by atoms with Gasteiger partial charge in [0.15, 0.2) is 0 Å². The van der Waals surface area contributed by atoms with Crippen molar-refractivity contribution >= 4 is 25.1 Å². The molecule has 0 radical (unpaired) electrons. The maximum absolute atomic E-state index is 12.2. The van der Waals surface area contributed by atoms with E-state index in [-0.39, 0.29) is 24.7 Å². The average molecular weight is 581 g/mol. The summed E-state index contributed by atoms with van der Waals surface area (Å²) in [5, 5.41) is 0.579. The number of unbranched alkanes of at least 4 members (excludes halogenated alkanes) is 12. The summed E-state index contributed by atoms with van der Waals surface area (Å²) < 4.78 is 28.0. The van der Waals surface area contributed by atoms with Crippen LogP contribution in [0.25, 0.3) is 0 Å². The molecule has 0 fully saturated rings. The van der Waals surface area contributed by atoms with Crippen LogP contribution in [-0.4, -0.2) is 47.5 Å². The average Bonchev–Trinajstić information content (AvgIpc) is 2.86. The van der Waals surface area contributed by atoms with Gasteiger partial charge in [-0.15, -0.1) is 0 Å². The Kier molecular flexibility index (Phi) is 23.6. The monoisotopic (exact) mass is 580 g/mol. The number of hydrogen-bond donors (Lipinski definition) is 1. The summed E-state index contributed by atoms with van der Waals surface area (Å²) in [6.07, 6.45) is 20.5. The molecule has 0 saturated heterocycles. The molecule has 0 spiro atoms. The minimum absolute atomic E-state index is 0.0579. The minimum atomic E-state index is -4.48. The summed E-state index contributed by atoms with van der Waals surface area (Å²) in [7, 11) is -4.48. The number of carbonyl (C=O) groups excluding carboxylic acids is 1. The van der Waals surface area contributed by atoms with Gasteiger partial charge in [0.05, 0.1) is 19.3 Å². The zero-order valence-corrected chi connectivity index (χ0v) is 27.4. The van der Waals surface area contributed by atoms with Crippen LogP contribution in [-0.2, 0) is 18.6 Å². The largest absolute Gasteiger partial charge is 0.456 e. The summed E-state index contributed by atoms with van der Waals surface area (Å²) in [5.74, 6) is 1.21. The van der Waals surface area contributed by atoms with Crippen molar-refractivity contribution in [3.63, 3.8) is 0 Å². The molecule has 0 saturated carbocycles. The highest BCUT2D eigenvalue weighted by molar-refractivity contribution is 7.99. The van der Waals surface area contributed by atoms with Crippen molar-refractivity contribution < 1.29 is 28.3 Å². The maximum atomic E-state index is 12.2. The van der Waals surface area contributed by atoms with Gasteiger partial charge in [0.2, 0.25) is 0 Å². The standard InChI is InChI=1S/C30H61O6PS/c1-7-9-11-13-14-15-16-18-20-24-38-28(21-19-17-12-10-8-2)22-23-34-27(3)25-36-37(32,33)29(31)35-26-30(4,5)6/h27-28H,7-26H2,1-6H3,(H,32,33). The number of thioether (sulfide) groups is 1. The molecular formula is C30H61O6PS. The molecule has 0 bridgehead atoms. The molecule has 3 unspecified atom stereocenters. The molecule has 38 heavy (non-hydrogen) atoms. The van der Waals surface area contributed by atoms with Crippen LogP contribution in [0, 0.1) is 5.41 Å². The van der Waals surface area contributed by atoms with Crippen molar-refractivity contribution in [2.45, 2.75) is 156 Å². The van der Waals surface area contributed by atoms with Gasteiger partial charge >= 0.3 is 13.3 Å². The first-order chi connectivity index (χ1) is 18.0. The summed E-state index contributed by atoms with van der Waals surface area (Å²) in [4.78, 5) is 21.9. The fourth-order valence-corrected chi connectivity index (χ4v) is 6.06. The van der Waals surface area contributed by atoms with E-state index in [1.165, 1.54) is 102 Å². The predicted molar refractivity (Wildman–Crippen MR) is 163 cm³/mol. The second kappa shape index (κ2) is 23.6. The van der Waals surface area contributed by atoms with E-state index in [1.54, 1.807) is 6.92 Å². The molecular weight excluding hydrogens is 519 g/mol. The third-order valence-corrected chi connectivity index (χ3v) is 8.97. The Bertz CT molecular complexity index is 610. The first kappa shape index (κ1) is 37.9. The summed E-state index contributed by atoms with van der Waals surface area (Å²) >= 11 is 2.08. The van der Waals surface area contributed by atoms with Gasteiger partial charge < -0.3 is 14.4 Å². The van der Waals surface area contributed by atoms with Crippen molar-refractivity contribution in [2.24, 2.45) is 5.41 Å². The molecule has 228 valence electrons. The van der Waals surface area contributed by atoms with Crippen molar-refractivity contribution in [2.75, 3.05) is 25.6 Å². The second-order valence-electron chi connectivity index (χ2n) is 11.9. The Morgan fingerprint density at radius 1 is 0.842 bits per heavy atom. The highest BCUT2D eigenvalue weighted by Crippen LogP contribution is 2.44.